The zero-order chi connectivity index (χ0) is 13.5. The van der Waals surface area contributed by atoms with Gasteiger partial charge in [-0.05, 0) is 18.1 Å². The summed E-state index contributed by atoms with van der Waals surface area (Å²) < 4.78 is 0. The van der Waals surface area contributed by atoms with Crippen molar-refractivity contribution in [2.45, 2.75) is 44.9 Å². The van der Waals surface area contributed by atoms with Gasteiger partial charge in [0.15, 0.2) is 0 Å². The number of carbonyl (C=O) groups is 1. The Bertz CT molecular complexity index is 417. The van der Waals surface area contributed by atoms with E-state index in [1.807, 2.05) is 12.1 Å². The summed E-state index contributed by atoms with van der Waals surface area (Å²) in [6.07, 6.45) is 5.40. The van der Waals surface area contributed by atoms with Crippen molar-refractivity contribution >= 4 is 11.6 Å². The van der Waals surface area contributed by atoms with Crippen LogP contribution in [0.1, 0.15) is 50.5 Å². The number of hydrogen-bond donors (Lipinski definition) is 2. The molecule has 2 N–H and O–H groups in total. The van der Waals surface area contributed by atoms with Gasteiger partial charge >= 0.3 is 0 Å². The van der Waals surface area contributed by atoms with Crippen LogP contribution in [0.25, 0.3) is 0 Å². The molecule has 1 unspecified atom stereocenters. The number of para-hydroxylation sites is 1. The Morgan fingerprint density at radius 1 is 1.32 bits per heavy atom. The quantitative estimate of drug-likeness (QED) is 0.739. The van der Waals surface area contributed by atoms with Crippen molar-refractivity contribution in [3.05, 3.63) is 29.8 Å². The summed E-state index contributed by atoms with van der Waals surface area (Å²) >= 11 is 0. The maximum Gasteiger partial charge on any atom is 0.220 e. The Morgan fingerprint density at radius 3 is 3.00 bits per heavy atom. The average molecular weight is 260 g/mol. The molecule has 0 spiro atoms. The van der Waals surface area contributed by atoms with Crippen molar-refractivity contribution in [3.8, 4) is 0 Å². The summed E-state index contributed by atoms with van der Waals surface area (Å²) in [5, 5.41) is 6.39. The van der Waals surface area contributed by atoms with Gasteiger partial charge in [0.1, 0.15) is 0 Å². The number of benzene rings is 1. The minimum absolute atomic E-state index is 0.181. The van der Waals surface area contributed by atoms with E-state index in [1.165, 1.54) is 30.5 Å². The fourth-order valence-corrected chi connectivity index (χ4v) is 2.61. The first kappa shape index (κ1) is 13.9. The zero-order valence-corrected chi connectivity index (χ0v) is 11.7. The molecule has 2 rings (SSSR count). The van der Waals surface area contributed by atoms with Crippen LogP contribution in [0.4, 0.5) is 5.69 Å². The third-order valence-corrected chi connectivity index (χ3v) is 3.72. The van der Waals surface area contributed by atoms with E-state index in [-0.39, 0.29) is 5.91 Å². The number of carbonyl (C=O) groups excluding carboxylic acids is 1. The van der Waals surface area contributed by atoms with Crippen LogP contribution in [0.5, 0.6) is 0 Å². The lowest BCUT2D eigenvalue weighted by molar-refractivity contribution is -0.121. The van der Waals surface area contributed by atoms with Crippen molar-refractivity contribution in [2.24, 2.45) is 0 Å². The summed E-state index contributed by atoms with van der Waals surface area (Å²) in [7, 11) is 0. The number of unbranched alkanes of at least 4 members (excludes halogenated alkanes) is 3. The normalized spacial score (nSPS) is 16.8. The van der Waals surface area contributed by atoms with Gasteiger partial charge in [-0.1, -0.05) is 44.4 Å². The molecule has 1 aromatic rings. The second-order valence-corrected chi connectivity index (χ2v) is 5.28. The van der Waals surface area contributed by atoms with Crippen LogP contribution in [-0.4, -0.2) is 19.0 Å². The van der Waals surface area contributed by atoms with Crippen LogP contribution in [0.2, 0.25) is 0 Å². The molecule has 3 heteroatoms. The Labute approximate surface area is 115 Å². The van der Waals surface area contributed by atoms with Crippen LogP contribution < -0.4 is 10.6 Å². The van der Waals surface area contributed by atoms with E-state index in [2.05, 4.69) is 29.7 Å². The van der Waals surface area contributed by atoms with Gasteiger partial charge in [-0.3, -0.25) is 4.79 Å². The van der Waals surface area contributed by atoms with E-state index in [4.69, 9.17) is 0 Å². The summed E-state index contributed by atoms with van der Waals surface area (Å²) in [4.78, 5) is 11.9. The molecule has 1 atom stereocenters. The highest BCUT2D eigenvalue weighted by Crippen LogP contribution is 2.32. The molecule has 1 aliphatic heterocycles. The fraction of sp³-hybridized carbons (Fsp3) is 0.562. The molecule has 0 bridgehead atoms. The molecule has 104 valence electrons. The lowest BCUT2D eigenvalue weighted by Crippen LogP contribution is -2.26. The van der Waals surface area contributed by atoms with Gasteiger partial charge < -0.3 is 10.6 Å². The predicted molar refractivity (Wildman–Crippen MR) is 79.4 cm³/mol. The average Bonchev–Trinajstić information content (AvgIpc) is 2.82. The number of nitrogens with one attached hydrogen (secondary N) is 2. The van der Waals surface area contributed by atoms with Gasteiger partial charge in [0.05, 0.1) is 0 Å². The summed E-state index contributed by atoms with van der Waals surface area (Å²) in [5.41, 5.74) is 2.46. The smallest absolute Gasteiger partial charge is 0.220 e. The molecule has 19 heavy (non-hydrogen) atoms. The second kappa shape index (κ2) is 7.17. The molecule has 1 amide bonds. The molecular formula is C16H24N2O. The molecule has 0 saturated carbocycles. The topological polar surface area (TPSA) is 41.1 Å². The van der Waals surface area contributed by atoms with Crippen molar-refractivity contribution in [3.63, 3.8) is 0 Å². The zero-order valence-electron chi connectivity index (χ0n) is 11.7. The Hall–Kier alpha value is -1.51. The highest BCUT2D eigenvalue weighted by molar-refractivity contribution is 5.78. The first-order valence-corrected chi connectivity index (χ1v) is 7.40. The number of rotatable bonds is 7. The molecule has 0 saturated heterocycles. The van der Waals surface area contributed by atoms with Crippen molar-refractivity contribution in [1.82, 2.24) is 5.32 Å². The first-order chi connectivity index (χ1) is 9.31. The van der Waals surface area contributed by atoms with E-state index in [9.17, 15) is 4.79 Å². The minimum atomic E-state index is 0.181. The summed E-state index contributed by atoms with van der Waals surface area (Å²) in [6, 6.07) is 8.27. The van der Waals surface area contributed by atoms with Gasteiger partial charge in [-0.15, -0.1) is 0 Å². The van der Waals surface area contributed by atoms with Crippen LogP contribution in [0, 0.1) is 0 Å². The molecule has 1 heterocycles. The van der Waals surface area contributed by atoms with Gasteiger partial charge in [0.2, 0.25) is 5.91 Å². The maximum atomic E-state index is 11.9. The maximum absolute atomic E-state index is 11.9. The molecule has 1 aliphatic rings. The first-order valence-electron chi connectivity index (χ1n) is 7.40. The number of hydrogen-bond acceptors (Lipinski definition) is 2. The van der Waals surface area contributed by atoms with Crippen LogP contribution in [0.15, 0.2) is 24.3 Å². The standard InChI is InChI=1S/C16H24N2O/c1-2-3-4-7-10-17-16(19)11-13-12-18-15-9-6-5-8-14(13)15/h5-6,8-9,13,18H,2-4,7,10-12H2,1H3,(H,17,19). The molecule has 3 nitrogen and oxygen atoms in total. The minimum Gasteiger partial charge on any atom is -0.384 e. The lowest BCUT2D eigenvalue weighted by Gasteiger charge is -2.10. The van der Waals surface area contributed by atoms with Gasteiger partial charge in [0, 0.05) is 31.1 Å². The molecule has 0 aliphatic carbocycles. The van der Waals surface area contributed by atoms with Crippen LogP contribution in [-0.2, 0) is 4.79 Å². The van der Waals surface area contributed by atoms with Crippen molar-refractivity contribution < 1.29 is 4.79 Å². The van der Waals surface area contributed by atoms with E-state index in [1.54, 1.807) is 0 Å². The Kier molecular flexibility index (Phi) is 5.25. The number of amides is 1. The number of fused-ring (bicyclic) bond motifs is 1. The third kappa shape index (κ3) is 3.98. The predicted octanol–water partition coefficient (Wildman–Crippen LogP) is 3.28. The SMILES string of the molecule is CCCCCCNC(=O)CC1CNc2ccccc21. The van der Waals surface area contributed by atoms with E-state index >= 15 is 0 Å². The van der Waals surface area contributed by atoms with Crippen molar-refractivity contribution in [1.29, 1.82) is 0 Å². The van der Waals surface area contributed by atoms with Crippen LogP contribution in [0.3, 0.4) is 0 Å². The van der Waals surface area contributed by atoms with Crippen molar-refractivity contribution in [2.75, 3.05) is 18.4 Å². The molecule has 0 aromatic heterocycles. The van der Waals surface area contributed by atoms with Gasteiger partial charge in [-0.2, -0.15) is 0 Å². The Morgan fingerprint density at radius 2 is 2.16 bits per heavy atom. The second-order valence-electron chi connectivity index (χ2n) is 5.28. The fourth-order valence-electron chi connectivity index (χ4n) is 2.61. The number of anilines is 1. The molecule has 0 fully saturated rings. The van der Waals surface area contributed by atoms with E-state index in [0.717, 1.165) is 19.5 Å². The lowest BCUT2D eigenvalue weighted by atomic mass is 9.97. The van der Waals surface area contributed by atoms with E-state index < -0.39 is 0 Å². The van der Waals surface area contributed by atoms with Gasteiger partial charge in [-0.25, -0.2) is 0 Å². The molecule has 0 radical (unpaired) electrons. The summed E-state index contributed by atoms with van der Waals surface area (Å²) in [6.45, 7) is 3.90. The summed E-state index contributed by atoms with van der Waals surface area (Å²) in [5.74, 6) is 0.506. The monoisotopic (exact) mass is 260 g/mol. The van der Waals surface area contributed by atoms with Crippen LogP contribution >= 0.6 is 0 Å². The van der Waals surface area contributed by atoms with E-state index in [0.29, 0.717) is 12.3 Å². The third-order valence-electron chi connectivity index (χ3n) is 3.72. The highest BCUT2D eigenvalue weighted by atomic mass is 16.1. The van der Waals surface area contributed by atoms with Gasteiger partial charge in [0.25, 0.3) is 0 Å². The molecular weight excluding hydrogens is 236 g/mol. The largest absolute Gasteiger partial charge is 0.384 e. The highest BCUT2D eigenvalue weighted by Gasteiger charge is 2.23. The Balaban J connectivity index is 1.72. The molecule has 1 aromatic carbocycles.